The maximum atomic E-state index is 6.04. The fourth-order valence-electron chi connectivity index (χ4n) is 1.52. The Labute approximate surface area is 88.6 Å². The van der Waals surface area contributed by atoms with Gasteiger partial charge in [-0.1, -0.05) is 0 Å². The van der Waals surface area contributed by atoms with Crippen LogP contribution < -0.4 is 5.73 Å². The molecule has 2 aromatic heterocycles. The van der Waals surface area contributed by atoms with E-state index in [2.05, 4.69) is 9.97 Å². The summed E-state index contributed by atoms with van der Waals surface area (Å²) in [6.07, 6.45) is 8.10. The zero-order valence-corrected chi connectivity index (χ0v) is 8.96. The molecule has 80 valence electrons. The molecule has 1 unspecified atom stereocenters. The van der Waals surface area contributed by atoms with Gasteiger partial charge in [0.25, 0.3) is 0 Å². The van der Waals surface area contributed by atoms with E-state index in [1.807, 2.05) is 35.6 Å². The van der Waals surface area contributed by atoms with Crippen molar-refractivity contribution in [1.82, 2.24) is 19.1 Å². The van der Waals surface area contributed by atoms with Gasteiger partial charge in [-0.05, 0) is 0 Å². The molecule has 2 heterocycles. The van der Waals surface area contributed by atoms with Crippen molar-refractivity contribution < 1.29 is 0 Å². The number of hydrogen-bond acceptors (Lipinski definition) is 3. The molecule has 0 aromatic carbocycles. The van der Waals surface area contributed by atoms with Gasteiger partial charge in [0.2, 0.25) is 0 Å². The van der Waals surface area contributed by atoms with Crippen LogP contribution in [-0.2, 0) is 20.5 Å². The molecular formula is C10H15N5. The fourth-order valence-corrected chi connectivity index (χ4v) is 1.52. The summed E-state index contributed by atoms with van der Waals surface area (Å²) in [4.78, 5) is 8.46. The van der Waals surface area contributed by atoms with Crippen LogP contribution in [0.1, 0.15) is 17.6 Å². The first-order chi connectivity index (χ1) is 7.16. The Bertz CT molecular complexity index is 442. The number of nitrogens with two attached hydrogens (primary N) is 1. The molecule has 0 fully saturated rings. The van der Waals surface area contributed by atoms with Crippen LogP contribution in [-0.4, -0.2) is 19.1 Å². The van der Waals surface area contributed by atoms with Crippen LogP contribution in [0.5, 0.6) is 0 Å². The largest absolute Gasteiger partial charge is 0.340 e. The van der Waals surface area contributed by atoms with E-state index in [1.165, 1.54) is 0 Å². The van der Waals surface area contributed by atoms with Gasteiger partial charge in [0.15, 0.2) is 0 Å². The standard InChI is InChI=1S/C10H15N5/c1-14-6-9(13-7-14)8(11)5-10-12-3-4-15(10)2/h3-4,6-8H,5,11H2,1-2H3. The second-order valence-corrected chi connectivity index (χ2v) is 3.73. The molecule has 5 heteroatoms. The molecule has 0 saturated carbocycles. The zero-order valence-electron chi connectivity index (χ0n) is 8.96. The van der Waals surface area contributed by atoms with E-state index in [4.69, 9.17) is 5.73 Å². The van der Waals surface area contributed by atoms with Gasteiger partial charge < -0.3 is 14.9 Å². The van der Waals surface area contributed by atoms with E-state index < -0.39 is 0 Å². The van der Waals surface area contributed by atoms with Crippen LogP contribution in [0.2, 0.25) is 0 Å². The third-order valence-electron chi connectivity index (χ3n) is 2.43. The first kappa shape index (κ1) is 9.92. The monoisotopic (exact) mass is 205 g/mol. The highest BCUT2D eigenvalue weighted by molar-refractivity contribution is 5.06. The minimum Gasteiger partial charge on any atom is -0.340 e. The van der Waals surface area contributed by atoms with Crippen molar-refractivity contribution in [3.05, 3.63) is 36.4 Å². The smallest absolute Gasteiger partial charge is 0.110 e. The Morgan fingerprint density at radius 3 is 2.73 bits per heavy atom. The summed E-state index contributed by atoms with van der Waals surface area (Å²) in [6, 6.07) is -0.0905. The van der Waals surface area contributed by atoms with Crippen LogP contribution in [0.25, 0.3) is 0 Å². The average molecular weight is 205 g/mol. The first-order valence-corrected chi connectivity index (χ1v) is 4.86. The van der Waals surface area contributed by atoms with Crippen molar-refractivity contribution in [2.75, 3.05) is 0 Å². The molecule has 0 saturated heterocycles. The van der Waals surface area contributed by atoms with Gasteiger partial charge in [-0.15, -0.1) is 0 Å². The van der Waals surface area contributed by atoms with Gasteiger partial charge in [-0.2, -0.15) is 0 Å². The Morgan fingerprint density at radius 2 is 2.20 bits per heavy atom. The SMILES string of the molecule is Cn1cnc(C(N)Cc2nccn2C)c1. The van der Waals surface area contributed by atoms with Gasteiger partial charge in [-0.3, -0.25) is 0 Å². The lowest BCUT2D eigenvalue weighted by atomic mass is 10.1. The van der Waals surface area contributed by atoms with Gasteiger partial charge in [0.1, 0.15) is 5.82 Å². The number of hydrogen-bond donors (Lipinski definition) is 1. The molecule has 0 radical (unpaired) electrons. The van der Waals surface area contributed by atoms with Gasteiger partial charge in [0.05, 0.1) is 18.1 Å². The topological polar surface area (TPSA) is 61.7 Å². The van der Waals surface area contributed by atoms with Gasteiger partial charge in [0, 0.05) is 39.1 Å². The summed E-state index contributed by atoms with van der Waals surface area (Å²) in [5.74, 6) is 0.980. The van der Waals surface area contributed by atoms with Crippen molar-refractivity contribution in [2.45, 2.75) is 12.5 Å². The molecular weight excluding hydrogens is 190 g/mol. The number of aromatic nitrogens is 4. The highest BCUT2D eigenvalue weighted by Gasteiger charge is 2.11. The first-order valence-electron chi connectivity index (χ1n) is 4.86. The van der Waals surface area contributed by atoms with E-state index >= 15 is 0 Å². The molecule has 2 rings (SSSR count). The summed E-state index contributed by atoms with van der Waals surface area (Å²) in [7, 11) is 3.90. The van der Waals surface area contributed by atoms with E-state index in [0.29, 0.717) is 6.42 Å². The highest BCUT2D eigenvalue weighted by atomic mass is 15.0. The minimum absolute atomic E-state index is 0.0905. The maximum absolute atomic E-state index is 6.04. The van der Waals surface area contributed by atoms with Gasteiger partial charge >= 0.3 is 0 Å². The van der Waals surface area contributed by atoms with Crippen molar-refractivity contribution in [3.63, 3.8) is 0 Å². The Balaban J connectivity index is 2.10. The summed E-state index contributed by atoms with van der Waals surface area (Å²) in [5, 5.41) is 0. The van der Waals surface area contributed by atoms with Crippen LogP contribution >= 0.6 is 0 Å². The number of imidazole rings is 2. The minimum atomic E-state index is -0.0905. The molecule has 1 atom stereocenters. The fraction of sp³-hybridized carbons (Fsp3) is 0.400. The Hall–Kier alpha value is -1.62. The second-order valence-electron chi connectivity index (χ2n) is 3.73. The summed E-state index contributed by atoms with van der Waals surface area (Å²) < 4.78 is 3.87. The molecule has 0 aliphatic carbocycles. The van der Waals surface area contributed by atoms with E-state index in [-0.39, 0.29) is 6.04 Å². The quantitative estimate of drug-likeness (QED) is 0.788. The van der Waals surface area contributed by atoms with Crippen molar-refractivity contribution in [2.24, 2.45) is 19.8 Å². The number of rotatable bonds is 3. The van der Waals surface area contributed by atoms with Crippen molar-refractivity contribution in [1.29, 1.82) is 0 Å². The van der Waals surface area contributed by atoms with Crippen molar-refractivity contribution >= 4 is 0 Å². The predicted molar refractivity (Wildman–Crippen MR) is 57.0 cm³/mol. The average Bonchev–Trinajstić information content (AvgIpc) is 2.77. The molecule has 0 spiro atoms. The normalized spacial score (nSPS) is 13.0. The molecule has 15 heavy (non-hydrogen) atoms. The molecule has 0 aliphatic heterocycles. The molecule has 5 nitrogen and oxygen atoms in total. The molecule has 2 aromatic rings. The molecule has 2 N–H and O–H groups in total. The van der Waals surface area contributed by atoms with Gasteiger partial charge in [-0.25, -0.2) is 9.97 Å². The van der Waals surface area contributed by atoms with Crippen molar-refractivity contribution in [3.8, 4) is 0 Å². The third kappa shape index (κ3) is 2.07. The zero-order chi connectivity index (χ0) is 10.8. The van der Waals surface area contributed by atoms with E-state index in [0.717, 1.165) is 11.5 Å². The molecule has 0 bridgehead atoms. The molecule has 0 aliphatic rings. The Morgan fingerprint density at radius 1 is 1.40 bits per heavy atom. The maximum Gasteiger partial charge on any atom is 0.110 e. The predicted octanol–water partition coefficient (Wildman–Crippen LogP) is 0.396. The summed E-state index contributed by atoms with van der Waals surface area (Å²) in [5.41, 5.74) is 6.94. The summed E-state index contributed by atoms with van der Waals surface area (Å²) in [6.45, 7) is 0. The van der Waals surface area contributed by atoms with Crippen LogP contribution in [0.15, 0.2) is 24.9 Å². The van der Waals surface area contributed by atoms with E-state index in [9.17, 15) is 0 Å². The van der Waals surface area contributed by atoms with Crippen LogP contribution in [0.3, 0.4) is 0 Å². The number of aryl methyl sites for hydroxylation is 2. The summed E-state index contributed by atoms with van der Waals surface area (Å²) >= 11 is 0. The Kier molecular flexibility index (Phi) is 2.55. The highest BCUT2D eigenvalue weighted by Crippen LogP contribution is 2.12. The van der Waals surface area contributed by atoms with Crippen LogP contribution in [0, 0.1) is 0 Å². The second kappa shape index (κ2) is 3.86. The lowest BCUT2D eigenvalue weighted by Gasteiger charge is -2.08. The van der Waals surface area contributed by atoms with Crippen LogP contribution in [0.4, 0.5) is 0 Å². The lowest BCUT2D eigenvalue weighted by molar-refractivity contribution is 0.646. The molecule has 0 amide bonds. The third-order valence-corrected chi connectivity index (χ3v) is 2.43. The lowest BCUT2D eigenvalue weighted by Crippen LogP contribution is -2.16. The van der Waals surface area contributed by atoms with E-state index in [1.54, 1.807) is 12.5 Å². The number of nitrogens with zero attached hydrogens (tertiary/aromatic N) is 4.